The van der Waals surface area contributed by atoms with Gasteiger partial charge in [0.1, 0.15) is 17.8 Å². The average molecular weight is 483 g/mol. The molecule has 7 heteroatoms. The standard InChI is InChI=1S/C28H34O7/c1-15(29)33-20-13-18-24(2,3)19(30)8-10-25(18,4)17-7-11-26(5)21(16-9-12-32-14-16)34-23(31)22-28(26,35-22)27(17,20)6/h8-10,12,14,17-18,20-22H,7,11,13H2,1-6H3/t17-,18+,20-,21-,22+,25+,26+,27+,28-/m1/s1. The van der Waals surface area contributed by atoms with Gasteiger partial charge in [-0.25, -0.2) is 4.79 Å². The Labute approximate surface area is 205 Å². The van der Waals surface area contributed by atoms with Crippen LogP contribution >= 0.6 is 0 Å². The summed E-state index contributed by atoms with van der Waals surface area (Å²) >= 11 is 0. The zero-order valence-corrected chi connectivity index (χ0v) is 21.3. The molecule has 1 aromatic heterocycles. The fourth-order valence-corrected chi connectivity index (χ4v) is 9.20. The molecule has 2 aliphatic heterocycles. The maximum absolute atomic E-state index is 13.2. The van der Waals surface area contributed by atoms with Crippen LogP contribution in [-0.4, -0.2) is 35.5 Å². The van der Waals surface area contributed by atoms with Crippen molar-refractivity contribution in [3.63, 3.8) is 0 Å². The monoisotopic (exact) mass is 482 g/mol. The van der Waals surface area contributed by atoms with Gasteiger partial charge in [-0.2, -0.15) is 0 Å². The molecule has 3 aliphatic carbocycles. The molecule has 0 bridgehead atoms. The largest absolute Gasteiger partial charge is 0.472 e. The molecule has 1 spiro atoms. The molecule has 2 saturated carbocycles. The van der Waals surface area contributed by atoms with E-state index in [-0.39, 0.29) is 35.0 Å². The molecule has 0 aromatic carbocycles. The maximum Gasteiger partial charge on any atom is 0.339 e. The molecule has 35 heavy (non-hydrogen) atoms. The number of ether oxygens (including phenoxy) is 3. The molecule has 2 saturated heterocycles. The van der Waals surface area contributed by atoms with Crippen molar-refractivity contribution in [1.82, 2.24) is 0 Å². The van der Waals surface area contributed by atoms with E-state index in [4.69, 9.17) is 18.6 Å². The molecule has 3 heterocycles. The topological polar surface area (TPSA) is 95.3 Å². The highest BCUT2D eigenvalue weighted by molar-refractivity contribution is 5.95. The summed E-state index contributed by atoms with van der Waals surface area (Å²) in [6.45, 7) is 12.0. The fraction of sp³-hybridized carbons (Fsp3) is 0.679. The third kappa shape index (κ3) is 2.48. The van der Waals surface area contributed by atoms with Gasteiger partial charge in [0.15, 0.2) is 11.9 Å². The number of rotatable bonds is 2. The number of esters is 2. The summed E-state index contributed by atoms with van der Waals surface area (Å²) in [7, 11) is 0. The number of hydrogen-bond donors (Lipinski definition) is 0. The first kappa shape index (κ1) is 23.0. The molecular formula is C28H34O7. The van der Waals surface area contributed by atoms with Gasteiger partial charge in [-0.3, -0.25) is 9.59 Å². The Bertz CT molecular complexity index is 1150. The van der Waals surface area contributed by atoms with Crippen LogP contribution < -0.4 is 0 Å². The molecule has 7 nitrogen and oxygen atoms in total. The van der Waals surface area contributed by atoms with Crippen molar-refractivity contribution < 1.29 is 33.0 Å². The van der Waals surface area contributed by atoms with Crippen LogP contribution in [0.3, 0.4) is 0 Å². The van der Waals surface area contributed by atoms with E-state index in [1.807, 2.05) is 19.9 Å². The number of allylic oxidation sites excluding steroid dienone is 2. The zero-order chi connectivity index (χ0) is 25.2. The Morgan fingerprint density at radius 3 is 2.49 bits per heavy atom. The van der Waals surface area contributed by atoms with E-state index in [9.17, 15) is 14.4 Å². The SMILES string of the molecule is CC(=O)O[C@@H]1C[C@H]2C(C)(C)C(=O)C=C[C@@]2(C)[C@H]2CC[C@@]3(C)[C@@H](c4ccoc4)OC(=O)[C@@H]4O[C@]43[C@@]21C. The lowest BCUT2D eigenvalue weighted by Crippen LogP contribution is -2.72. The van der Waals surface area contributed by atoms with Gasteiger partial charge in [-0.05, 0) is 48.7 Å². The average Bonchev–Trinajstić information content (AvgIpc) is 3.35. The molecule has 0 unspecified atom stereocenters. The lowest BCUT2D eigenvalue weighted by molar-refractivity contribution is -0.251. The van der Waals surface area contributed by atoms with E-state index in [0.717, 1.165) is 18.4 Å². The number of epoxide rings is 1. The third-order valence-corrected chi connectivity index (χ3v) is 10.8. The van der Waals surface area contributed by atoms with E-state index in [1.54, 1.807) is 18.6 Å². The Kier molecular flexibility index (Phi) is 4.38. The van der Waals surface area contributed by atoms with Crippen molar-refractivity contribution >= 4 is 17.7 Å². The number of carbonyl (C=O) groups excluding carboxylic acids is 3. The van der Waals surface area contributed by atoms with Crippen molar-refractivity contribution in [3.05, 3.63) is 36.3 Å². The minimum atomic E-state index is -0.853. The number of hydrogen-bond acceptors (Lipinski definition) is 7. The van der Waals surface area contributed by atoms with Crippen LogP contribution in [0.25, 0.3) is 0 Å². The van der Waals surface area contributed by atoms with Crippen molar-refractivity contribution in [3.8, 4) is 0 Å². The second kappa shape index (κ2) is 6.67. The van der Waals surface area contributed by atoms with Gasteiger partial charge in [0.25, 0.3) is 0 Å². The third-order valence-electron chi connectivity index (χ3n) is 10.8. The van der Waals surface area contributed by atoms with Crippen molar-refractivity contribution in [2.75, 3.05) is 0 Å². The van der Waals surface area contributed by atoms with Gasteiger partial charge >= 0.3 is 11.9 Å². The molecule has 1 aromatic rings. The second-order valence-electron chi connectivity index (χ2n) is 12.6. The highest BCUT2D eigenvalue weighted by atomic mass is 16.7. The van der Waals surface area contributed by atoms with E-state index in [0.29, 0.717) is 6.42 Å². The second-order valence-corrected chi connectivity index (χ2v) is 12.6. The van der Waals surface area contributed by atoms with Gasteiger partial charge < -0.3 is 18.6 Å². The van der Waals surface area contributed by atoms with Gasteiger partial charge in [-0.1, -0.05) is 40.7 Å². The first-order valence-corrected chi connectivity index (χ1v) is 12.7. The summed E-state index contributed by atoms with van der Waals surface area (Å²) in [5, 5.41) is 0. The predicted octanol–water partition coefficient (Wildman–Crippen LogP) is 4.56. The lowest BCUT2D eigenvalue weighted by atomic mass is 9.35. The maximum atomic E-state index is 13.2. The summed E-state index contributed by atoms with van der Waals surface area (Å²) < 4.78 is 24.0. The number of carbonyl (C=O) groups is 3. The number of cyclic esters (lactones) is 1. The summed E-state index contributed by atoms with van der Waals surface area (Å²) in [5.74, 6) is -0.603. The van der Waals surface area contributed by atoms with Crippen LogP contribution in [0, 0.1) is 33.5 Å². The molecule has 5 aliphatic rings. The van der Waals surface area contributed by atoms with E-state index in [1.165, 1.54) is 6.92 Å². The summed E-state index contributed by atoms with van der Waals surface area (Å²) in [4.78, 5) is 38.6. The van der Waals surface area contributed by atoms with E-state index >= 15 is 0 Å². The Balaban J connectivity index is 1.55. The van der Waals surface area contributed by atoms with Crippen molar-refractivity contribution in [1.29, 1.82) is 0 Å². The summed E-state index contributed by atoms with van der Waals surface area (Å²) in [6.07, 6.45) is 7.46. The molecule has 188 valence electrons. The van der Waals surface area contributed by atoms with Gasteiger partial charge in [0.2, 0.25) is 0 Å². The number of ketones is 1. The van der Waals surface area contributed by atoms with Crippen molar-refractivity contribution in [2.45, 2.75) is 84.7 Å². The summed E-state index contributed by atoms with van der Waals surface area (Å²) in [6, 6.07) is 1.84. The fourth-order valence-electron chi connectivity index (χ4n) is 9.20. The Morgan fingerprint density at radius 1 is 1.09 bits per heavy atom. The van der Waals surface area contributed by atoms with Crippen LogP contribution in [0.4, 0.5) is 0 Å². The van der Waals surface area contributed by atoms with Crippen LogP contribution in [0.1, 0.15) is 72.5 Å². The quantitative estimate of drug-likeness (QED) is 0.450. The lowest BCUT2D eigenvalue weighted by Gasteiger charge is -2.68. The molecule has 0 amide bonds. The molecule has 0 radical (unpaired) electrons. The van der Waals surface area contributed by atoms with Gasteiger partial charge in [0, 0.05) is 28.7 Å². The summed E-state index contributed by atoms with van der Waals surface area (Å²) in [5.41, 5.74) is -2.15. The van der Waals surface area contributed by atoms with Gasteiger partial charge in [0.05, 0.1) is 12.5 Å². The first-order chi connectivity index (χ1) is 16.3. The van der Waals surface area contributed by atoms with Gasteiger partial charge in [-0.15, -0.1) is 0 Å². The highest BCUT2D eigenvalue weighted by Gasteiger charge is 2.88. The minimum Gasteiger partial charge on any atom is -0.472 e. The predicted molar refractivity (Wildman–Crippen MR) is 124 cm³/mol. The smallest absolute Gasteiger partial charge is 0.339 e. The molecule has 0 N–H and O–H groups in total. The van der Waals surface area contributed by atoms with Crippen LogP contribution in [0.2, 0.25) is 0 Å². The number of fused-ring (bicyclic) bond motifs is 3. The Hall–Kier alpha value is -2.41. The molecule has 6 rings (SSSR count). The van der Waals surface area contributed by atoms with Crippen LogP contribution in [0.5, 0.6) is 0 Å². The van der Waals surface area contributed by atoms with Crippen LogP contribution in [0.15, 0.2) is 35.2 Å². The van der Waals surface area contributed by atoms with E-state index in [2.05, 4.69) is 26.8 Å². The van der Waals surface area contributed by atoms with E-state index < -0.39 is 40.2 Å². The zero-order valence-electron chi connectivity index (χ0n) is 21.3. The minimum absolute atomic E-state index is 0.00639. The Morgan fingerprint density at radius 2 is 1.83 bits per heavy atom. The normalized spacial score (nSPS) is 49.1. The first-order valence-electron chi connectivity index (χ1n) is 12.7. The molecule has 9 atom stereocenters. The number of furan rings is 1. The van der Waals surface area contributed by atoms with Crippen molar-refractivity contribution in [2.24, 2.45) is 33.5 Å². The molecular weight excluding hydrogens is 448 g/mol. The highest BCUT2D eigenvalue weighted by Crippen LogP contribution is 2.79. The van der Waals surface area contributed by atoms with Crippen LogP contribution in [-0.2, 0) is 28.6 Å². The molecule has 4 fully saturated rings.